The summed E-state index contributed by atoms with van der Waals surface area (Å²) in [6.45, 7) is 5.63. The van der Waals surface area contributed by atoms with Crippen LogP contribution in [0.4, 0.5) is 0 Å². The number of hydrogen-bond acceptors (Lipinski definition) is 5. The van der Waals surface area contributed by atoms with Gasteiger partial charge in [-0.25, -0.2) is 9.67 Å². The van der Waals surface area contributed by atoms with E-state index in [0.717, 1.165) is 80.2 Å². The zero-order valence-electron chi connectivity index (χ0n) is 15.7. The molecule has 1 saturated carbocycles. The molecule has 0 radical (unpaired) electrons. The quantitative estimate of drug-likeness (QED) is 0.913. The summed E-state index contributed by atoms with van der Waals surface area (Å²) in [6.07, 6.45) is 7.45. The topological polar surface area (TPSA) is 73.1 Å². The first-order valence-electron chi connectivity index (χ1n) is 9.79. The molecular weight excluding hydrogens is 328 g/mol. The van der Waals surface area contributed by atoms with Gasteiger partial charge in [0.2, 0.25) is 0 Å². The Balaban J connectivity index is 1.78. The molecule has 0 unspecified atom stereocenters. The summed E-state index contributed by atoms with van der Waals surface area (Å²) in [6, 6.07) is 2.08. The zero-order valence-corrected chi connectivity index (χ0v) is 15.7. The summed E-state index contributed by atoms with van der Waals surface area (Å²) >= 11 is 0. The Kier molecular flexibility index (Phi) is 5.05. The van der Waals surface area contributed by atoms with Crippen LogP contribution in [0.2, 0.25) is 0 Å². The van der Waals surface area contributed by atoms with E-state index in [9.17, 15) is 5.11 Å². The number of aryl methyl sites for hydroxylation is 2. The number of ether oxygens (including phenoxy) is 1. The fourth-order valence-corrected chi connectivity index (χ4v) is 4.19. The number of aliphatic hydroxyl groups is 1. The summed E-state index contributed by atoms with van der Waals surface area (Å²) in [7, 11) is 0. The Labute approximate surface area is 154 Å². The molecule has 3 heterocycles. The number of aliphatic hydroxyl groups excluding tert-OH is 1. The van der Waals surface area contributed by atoms with E-state index in [0.29, 0.717) is 5.92 Å². The molecule has 140 valence electrons. The third kappa shape index (κ3) is 3.40. The van der Waals surface area contributed by atoms with Crippen LogP contribution >= 0.6 is 0 Å². The fourth-order valence-electron chi connectivity index (χ4n) is 4.19. The van der Waals surface area contributed by atoms with Crippen molar-refractivity contribution < 1.29 is 9.84 Å². The highest BCUT2D eigenvalue weighted by molar-refractivity contribution is 5.59. The predicted molar refractivity (Wildman–Crippen MR) is 99.0 cm³/mol. The lowest BCUT2D eigenvalue weighted by Crippen LogP contribution is -2.29. The van der Waals surface area contributed by atoms with Gasteiger partial charge in [-0.3, -0.25) is 4.98 Å². The van der Waals surface area contributed by atoms with E-state index in [4.69, 9.17) is 14.8 Å². The van der Waals surface area contributed by atoms with E-state index in [2.05, 4.69) is 18.0 Å². The molecule has 1 N–H and O–H groups in total. The first-order chi connectivity index (χ1) is 12.6. The number of aromatic nitrogens is 4. The second-order valence-electron chi connectivity index (χ2n) is 7.68. The molecule has 2 aromatic rings. The molecule has 2 aliphatic rings. The van der Waals surface area contributed by atoms with Crippen molar-refractivity contribution >= 4 is 0 Å². The first kappa shape index (κ1) is 17.6. The minimum atomic E-state index is -0.356. The highest BCUT2D eigenvalue weighted by Gasteiger charge is 2.31. The lowest BCUT2D eigenvalue weighted by molar-refractivity contribution is 0.0686. The number of rotatable bonds is 3. The van der Waals surface area contributed by atoms with Crippen LogP contribution in [0.25, 0.3) is 11.4 Å². The van der Waals surface area contributed by atoms with Crippen molar-refractivity contribution in [1.82, 2.24) is 19.7 Å². The molecule has 6 nitrogen and oxygen atoms in total. The van der Waals surface area contributed by atoms with Gasteiger partial charge >= 0.3 is 0 Å². The van der Waals surface area contributed by atoms with Crippen molar-refractivity contribution in [2.45, 2.75) is 70.4 Å². The number of nitrogens with zero attached hydrogens (tertiary/aromatic N) is 4. The molecule has 2 atom stereocenters. The van der Waals surface area contributed by atoms with Crippen LogP contribution < -0.4 is 0 Å². The van der Waals surface area contributed by atoms with Gasteiger partial charge in [0, 0.05) is 36.6 Å². The minimum absolute atomic E-state index is 0.000503. The van der Waals surface area contributed by atoms with Crippen molar-refractivity contribution in [2.75, 3.05) is 13.2 Å². The largest absolute Gasteiger partial charge is 0.391 e. The second-order valence-corrected chi connectivity index (χ2v) is 7.68. The summed E-state index contributed by atoms with van der Waals surface area (Å²) in [5, 5.41) is 15.5. The Morgan fingerprint density at radius 3 is 2.62 bits per heavy atom. The molecule has 0 aromatic carbocycles. The van der Waals surface area contributed by atoms with Gasteiger partial charge < -0.3 is 9.84 Å². The third-order valence-corrected chi connectivity index (χ3v) is 5.73. The molecule has 0 bridgehead atoms. The fraction of sp³-hybridized carbons (Fsp3) is 0.650. The third-order valence-electron chi connectivity index (χ3n) is 5.73. The van der Waals surface area contributed by atoms with Crippen LogP contribution in [-0.4, -0.2) is 44.2 Å². The highest BCUT2D eigenvalue weighted by Crippen LogP contribution is 2.35. The predicted octanol–water partition coefficient (Wildman–Crippen LogP) is 3.33. The van der Waals surface area contributed by atoms with Crippen LogP contribution in [0, 0.1) is 13.8 Å². The molecule has 1 aliphatic heterocycles. The van der Waals surface area contributed by atoms with Crippen molar-refractivity contribution in [2.24, 2.45) is 0 Å². The summed E-state index contributed by atoms with van der Waals surface area (Å²) in [5.41, 5.74) is 3.16. The van der Waals surface area contributed by atoms with E-state index in [1.165, 1.54) is 0 Å². The minimum Gasteiger partial charge on any atom is -0.391 e. The average molecular weight is 356 g/mol. The van der Waals surface area contributed by atoms with Gasteiger partial charge in [0.15, 0.2) is 11.6 Å². The average Bonchev–Trinajstić information content (AvgIpc) is 3.08. The van der Waals surface area contributed by atoms with Gasteiger partial charge in [0.05, 0.1) is 12.1 Å². The Morgan fingerprint density at radius 1 is 1.12 bits per heavy atom. The van der Waals surface area contributed by atoms with Gasteiger partial charge in [-0.1, -0.05) is 12.8 Å². The van der Waals surface area contributed by atoms with Crippen molar-refractivity contribution in [3.8, 4) is 11.4 Å². The van der Waals surface area contributed by atoms with Crippen LogP contribution in [0.5, 0.6) is 0 Å². The molecule has 2 aromatic heterocycles. The molecule has 0 amide bonds. The van der Waals surface area contributed by atoms with Crippen LogP contribution in [0.15, 0.2) is 12.3 Å². The molecule has 1 saturated heterocycles. The van der Waals surface area contributed by atoms with Crippen LogP contribution in [0.3, 0.4) is 0 Å². The van der Waals surface area contributed by atoms with E-state index in [1.54, 1.807) is 0 Å². The van der Waals surface area contributed by atoms with E-state index in [-0.39, 0.29) is 12.1 Å². The monoisotopic (exact) mass is 356 g/mol. The first-order valence-corrected chi connectivity index (χ1v) is 9.79. The zero-order chi connectivity index (χ0) is 18.1. The van der Waals surface area contributed by atoms with Gasteiger partial charge in [-0.15, -0.1) is 0 Å². The number of pyridine rings is 1. The van der Waals surface area contributed by atoms with Gasteiger partial charge in [-0.05, 0) is 51.2 Å². The van der Waals surface area contributed by atoms with Gasteiger partial charge in [0.25, 0.3) is 0 Å². The molecule has 6 heteroatoms. The molecular formula is C20H28N4O2. The van der Waals surface area contributed by atoms with Crippen molar-refractivity contribution in [1.29, 1.82) is 0 Å². The molecule has 26 heavy (non-hydrogen) atoms. The molecule has 1 aliphatic carbocycles. The summed E-state index contributed by atoms with van der Waals surface area (Å²) in [5.74, 6) is 2.08. The number of hydrogen-bond donors (Lipinski definition) is 1. The lowest BCUT2D eigenvalue weighted by atomic mass is 9.92. The maximum atomic E-state index is 10.6. The van der Waals surface area contributed by atoms with Crippen LogP contribution in [-0.2, 0) is 4.74 Å². The normalized spacial score (nSPS) is 24.7. The summed E-state index contributed by atoms with van der Waals surface area (Å²) in [4.78, 5) is 9.43. The van der Waals surface area contributed by atoms with E-state index < -0.39 is 0 Å². The Bertz CT molecular complexity index is 767. The second kappa shape index (κ2) is 7.45. The highest BCUT2D eigenvalue weighted by atomic mass is 16.5. The maximum Gasteiger partial charge on any atom is 0.160 e. The molecule has 4 rings (SSSR count). The van der Waals surface area contributed by atoms with Gasteiger partial charge in [-0.2, -0.15) is 5.10 Å². The van der Waals surface area contributed by atoms with E-state index >= 15 is 0 Å². The lowest BCUT2D eigenvalue weighted by Gasteiger charge is -2.28. The Hall–Kier alpha value is -1.79. The van der Waals surface area contributed by atoms with Crippen molar-refractivity contribution in [3.05, 3.63) is 29.3 Å². The SMILES string of the molecule is Cc1cc(C)c(-c2nc(C3CCOCC3)nn2[C@@H]2CCCC[C@H]2O)cn1. The molecule has 0 spiro atoms. The smallest absolute Gasteiger partial charge is 0.160 e. The molecule has 2 fully saturated rings. The standard InChI is InChI=1S/C20H28N4O2/c1-13-11-14(2)21-12-16(13)20-22-19(15-7-9-26-10-8-15)23-24(20)17-5-3-4-6-18(17)25/h11-12,15,17-18,25H,3-10H2,1-2H3/t17-,18-/m1/s1. The maximum absolute atomic E-state index is 10.6. The Morgan fingerprint density at radius 2 is 1.88 bits per heavy atom. The van der Waals surface area contributed by atoms with Crippen LogP contribution in [0.1, 0.15) is 67.6 Å². The van der Waals surface area contributed by atoms with Gasteiger partial charge in [0.1, 0.15) is 0 Å². The summed E-state index contributed by atoms with van der Waals surface area (Å²) < 4.78 is 7.49. The van der Waals surface area contributed by atoms with E-state index in [1.807, 2.05) is 17.8 Å². The van der Waals surface area contributed by atoms with Crippen molar-refractivity contribution in [3.63, 3.8) is 0 Å².